The summed E-state index contributed by atoms with van der Waals surface area (Å²) < 4.78 is 5.02. The first-order valence-electron chi connectivity index (χ1n) is 16.0. The Kier molecular flexibility index (Phi) is 7.35. The van der Waals surface area contributed by atoms with Crippen molar-refractivity contribution in [1.82, 2.24) is 5.32 Å². The van der Waals surface area contributed by atoms with Crippen LogP contribution in [0.3, 0.4) is 0 Å². The molecule has 48 heavy (non-hydrogen) atoms. The van der Waals surface area contributed by atoms with E-state index in [0.29, 0.717) is 5.56 Å². The first-order chi connectivity index (χ1) is 23.6. The number of ether oxygens (including phenoxy) is 1. The van der Waals surface area contributed by atoms with Gasteiger partial charge < -0.3 is 10.1 Å². The van der Waals surface area contributed by atoms with E-state index >= 15 is 0 Å². The van der Waals surface area contributed by atoms with Crippen molar-refractivity contribution in [3.63, 3.8) is 0 Å². The second-order valence-electron chi connectivity index (χ2n) is 12.3. The molecule has 6 nitrogen and oxygen atoms in total. The lowest BCUT2D eigenvalue weighted by atomic mass is 9.79. The molecule has 0 amide bonds. The van der Waals surface area contributed by atoms with Gasteiger partial charge in [-0.25, -0.2) is 0 Å². The molecule has 5 aromatic carbocycles. The Morgan fingerprint density at radius 1 is 0.792 bits per heavy atom. The van der Waals surface area contributed by atoms with Crippen molar-refractivity contribution in [3.05, 3.63) is 179 Å². The third-order valence-electron chi connectivity index (χ3n) is 9.43. The Morgan fingerprint density at radius 3 is 2.40 bits per heavy atom. The lowest BCUT2D eigenvalue weighted by Crippen LogP contribution is -2.33. The average molecular weight is 622 g/mol. The number of amidine groups is 1. The second kappa shape index (κ2) is 12.1. The number of nitriles is 1. The van der Waals surface area contributed by atoms with Gasteiger partial charge in [-0.3, -0.25) is 15.8 Å². The summed E-state index contributed by atoms with van der Waals surface area (Å²) in [6, 6.07) is 39.2. The molecular formula is C42H31N5O. The summed E-state index contributed by atoms with van der Waals surface area (Å²) in [6.45, 7) is 0. The zero-order chi connectivity index (χ0) is 32.6. The topological polar surface area (TPSA) is 105 Å². The lowest BCUT2D eigenvalue weighted by Gasteiger charge is -2.32. The number of hydrogen-bond donors (Lipinski definition) is 3. The highest BCUT2D eigenvalue weighted by Crippen LogP contribution is 2.43. The van der Waals surface area contributed by atoms with E-state index < -0.39 is 5.90 Å². The van der Waals surface area contributed by atoms with Gasteiger partial charge in [0.2, 0.25) is 5.90 Å². The van der Waals surface area contributed by atoms with Gasteiger partial charge >= 0.3 is 0 Å². The van der Waals surface area contributed by atoms with E-state index in [1.807, 2.05) is 18.2 Å². The number of hydrogen-bond acceptors (Lipinski definition) is 6. The van der Waals surface area contributed by atoms with Crippen LogP contribution < -0.4 is 5.32 Å². The van der Waals surface area contributed by atoms with Crippen molar-refractivity contribution in [3.8, 4) is 17.2 Å². The van der Waals surface area contributed by atoms with Crippen molar-refractivity contribution in [2.45, 2.75) is 18.4 Å². The Labute approximate surface area is 279 Å². The van der Waals surface area contributed by atoms with Gasteiger partial charge in [-0.05, 0) is 68.8 Å². The molecule has 230 valence electrons. The number of aliphatic imine (C=N–C) groups is 1. The minimum absolute atomic E-state index is 0.0518. The SMILES string of the molecule is N#CC(=N)OC(=N)c1ccc2cc(C3C=CC=CC3C3=CC(c4cccc5c4Cc4ccccc4-5)N=C(c4ccccc4)N3)ccc2c1. The highest BCUT2D eigenvalue weighted by atomic mass is 16.5. The van der Waals surface area contributed by atoms with Crippen LogP contribution in [0.15, 0.2) is 150 Å². The molecule has 0 saturated heterocycles. The molecule has 1 heterocycles. The molecule has 0 bridgehead atoms. The highest BCUT2D eigenvalue weighted by molar-refractivity contribution is 6.05. The summed E-state index contributed by atoms with van der Waals surface area (Å²) in [5.74, 6) is 0.177. The minimum Gasteiger partial charge on any atom is -0.412 e. The molecule has 3 unspecified atom stereocenters. The van der Waals surface area contributed by atoms with Gasteiger partial charge in [0, 0.05) is 28.7 Å². The molecule has 6 heteroatoms. The summed E-state index contributed by atoms with van der Waals surface area (Å²) in [6.07, 6.45) is 12.0. The van der Waals surface area contributed by atoms with Crippen LogP contribution in [0.25, 0.3) is 21.9 Å². The molecule has 3 atom stereocenters. The third kappa shape index (κ3) is 5.32. The Balaban J connectivity index is 1.16. The maximum atomic E-state index is 8.87. The maximum Gasteiger partial charge on any atom is 0.294 e. The second-order valence-corrected chi connectivity index (χ2v) is 12.3. The van der Waals surface area contributed by atoms with Crippen molar-refractivity contribution in [2.75, 3.05) is 0 Å². The summed E-state index contributed by atoms with van der Waals surface area (Å²) in [5.41, 5.74) is 10.4. The van der Waals surface area contributed by atoms with Crippen LogP contribution in [0.5, 0.6) is 0 Å². The van der Waals surface area contributed by atoms with Crippen LogP contribution in [-0.2, 0) is 11.2 Å². The quantitative estimate of drug-likeness (QED) is 0.132. The molecule has 0 radical (unpaired) electrons. The zero-order valence-electron chi connectivity index (χ0n) is 26.0. The van der Waals surface area contributed by atoms with Crippen molar-refractivity contribution in [1.29, 1.82) is 16.1 Å². The van der Waals surface area contributed by atoms with E-state index in [1.54, 1.807) is 12.1 Å². The molecular weight excluding hydrogens is 590 g/mol. The van der Waals surface area contributed by atoms with Gasteiger partial charge in [0.05, 0.1) is 6.04 Å². The van der Waals surface area contributed by atoms with Gasteiger partial charge in [-0.2, -0.15) is 5.26 Å². The number of benzene rings is 5. The smallest absolute Gasteiger partial charge is 0.294 e. The first-order valence-corrected chi connectivity index (χ1v) is 16.0. The number of nitrogens with zero attached hydrogens (tertiary/aromatic N) is 2. The molecule has 0 aromatic heterocycles. The molecule has 2 aliphatic carbocycles. The Bertz CT molecular complexity index is 2290. The molecule has 0 saturated carbocycles. The monoisotopic (exact) mass is 621 g/mol. The molecule has 5 aromatic rings. The fourth-order valence-electron chi connectivity index (χ4n) is 7.13. The lowest BCUT2D eigenvalue weighted by molar-refractivity contribution is 0.543. The largest absolute Gasteiger partial charge is 0.412 e. The van der Waals surface area contributed by atoms with E-state index in [0.717, 1.165) is 34.3 Å². The van der Waals surface area contributed by atoms with E-state index in [-0.39, 0.29) is 23.8 Å². The van der Waals surface area contributed by atoms with Crippen LogP contribution in [0.2, 0.25) is 0 Å². The summed E-state index contributed by atoms with van der Waals surface area (Å²) in [5, 5.41) is 30.2. The predicted molar refractivity (Wildman–Crippen MR) is 191 cm³/mol. The van der Waals surface area contributed by atoms with E-state index in [4.69, 9.17) is 25.8 Å². The van der Waals surface area contributed by atoms with Crippen LogP contribution in [-0.4, -0.2) is 17.6 Å². The number of fused-ring (bicyclic) bond motifs is 4. The van der Waals surface area contributed by atoms with E-state index in [2.05, 4.69) is 121 Å². The van der Waals surface area contributed by atoms with E-state index in [1.165, 1.54) is 33.4 Å². The van der Waals surface area contributed by atoms with Crippen molar-refractivity contribution < 1.29 is 4.74 Å². The molecule has 8 rings (SSSR count). The van der Waals surface area contributed by atoms with Gasteiger partial charge in [-0.1, -0.05) is 121 Å². The van der Waals surface area contributed by atoms with Gasteiger partial charge in [0.1, 0.15) is 5.84 Å². The molecule has 3 N–H and O–H groups in total. The zero-order valence-corrected chi connectivity index (χ0v) is 26.0. The van der Waals surface area contributed by atoms with Gasteiger partial charge in [0.25, 0.3) is 5.90 Å². The third-order valence-corrected chi connectivity index (χ3v) is 9.43. The van der Waals surface area contributed by atoms with Crippen molar-refractivity contribution in [2.24, 2.45) is 10.9 Å². The van der Waals surface area contributed by atoms with Crippen molar-refractivity contribution >= 4 is 28.4 Å². The summed E-state index contributed by atoms with van der Waals surface area (Å²) in [7, 11) is 0. The van der Waals surface area contributed by atoms with E-state index in [9.17, 15) is 0 Å². The predicted octanol–water partition coefficient (Wildman–Crippen LogP) is 8.75. The minimum atomic E-state index is -0.603. The molecule has 3 aliphatic rings. The fourth-order valence-corrected chi connectivity index (χ4v) is 7.13. The number of allylic oxidation sites excluding steroid dienone is 4. The van der Waals surface area contributed by atoms with Gasteiger partial charge in [0.15, 0.2) is 6.07 Å². The highest BCUT2D eigenvalue weighted by Gasteiger charge is 2.31. The van der Waals surface area contributed by atoms with Crippen LogP contribution >= 0.6 is 0 Å². The fraction of sp³-hybridized carbons (Fsp3) is 0.0952. The summed E-state index contributed by atoms with van der Waals surface area (Å²) in [4.78, 5) is 5.32. The molecule has 1 aliphatic heterocycles. The number of nitrogens with one attached hydrogen (secondary N) is 3. The maximum absolute atomic E-state index is 8.87. The molecule has 0 spiro atoms. The molecule has 0 fully saturated rings. The first kappa shape index (κ1) is 29.1. The van der Waals surface area contributed by atoms with Crippen LogP contribution in [0, 0.1) is 28.1 Å². The summed E-state index contributed by atoms with van der Waals surface area (Å²) >= 11 is 0. The Morgan fingerprint density at radius 2 is 1.54 bits per heavy atom. The normalized spacial score (nSPS) is 18.9. The Hall–Kier alpha value is -6.32. The standard InChI is InChI=1S/C42H31N5O/c43-25-40(44)48-41(45)31-20-18-27-21-30(19-17-28(27)22-31)33-13-6-7-14-35(33)38-24-39(47-42(46-38)26-9-2-1-3-10-26)36-16-8-15-34-32-12-5-4-11-29(32)23-37(34)36/h1-22,24,33,35,39,44-45H,23H2,(H,46,47). The number of rotatable bonds is 5. The van der Waals surface area contributed by atoms with Crippen LogP contribution in [0.1, 0.15) is 45.3 Å². The van der Waals surface area contributed by atoms with Gasteiger partial charge in [-0.15, -0.1) is 0 Å². The average Bonchev–Trinajstić information content (AvgIpc) is 3.53. The van der Waals surface area contributed by atoms with Crippen LogP contribution in [0.4, 0.5) is 0 Å².